The molecule has 1 fully saturated rings. The molecule has 1 aliphatic carbocycles. The lowest BCUT2D eigenvalue weighted by Gasteiger charge is -2.19. The molecule has 1 aromatic rings. The molecule has 0 radical (unpaired) electrons. The fourth-order valence-corrected chi connectivity index (χ4v) is 3.52. The van der Waals surface area contributed by atoms with E-state index >= 15 is 0 Å². The van der Waals surface area contributed by atoms with Crippen LogP contribution in [0.5, 0.6) is 5.75 Å². The van der Waals surface area contributed by atoms with Crippen molar-refractivity contribution in [3.05, 3.63) is 65.7 Å². The zero-order valence-electron chi connectivity index (χ0n) is 16.9. The highest BCUT2D eigenvalue weighted by atomic mass is 35.5. The Hall–Kier alpha value is -2.12. The number of hydrogen-bond donors (Lipinski definition) is 3. The summed E-state index contributed by atoms with van der Waals surface area (Å²) in [5, 5.41) is 31.3. The Morgan fingerprint density at radius 1 is 1.20 bits per heavy atom. The first-order valence-electron chi connectivity index (χ1n) is 9.91. The van der Waals surface area contributed by atoms with Crippen LogP contribution in [0.15, 0.2) is 60.7 Å². The van der Waals surface area contributed by atoms with E-state index in [4.69, 9.17) is 16.3 Å². The number of esters is 1. The topological polar surface area (TPSA) is 96.2 Å². The van der Waals surface area contributed by atoms with Gasteiger partial charge in [-0.15, -0.1) is 0 Å². The normalized spacial score (nSPS) is 25.4. The Balaban J connectivity index is 1.84. The molecule has 0 aliphatic heterocycles. The molecule has 0 heterocycles. The monoisotopic (exact) mass is 436 g/mol. The molecule has 0 saturated heterocycles. The molecule has 1 saturated carbocycles. The first-order chi connectivity index (χ1) is 14.4. The average Bonchev–Trinajstić information content (AvgIpc) is 3.00. The van der Waals surface area contributed by atoms with Gasteiger partial charge in [0.1, 0.15) is 18.5 Å². The standard InChI is InChI=1S/C23H29ClO6/c1-29-23(28)7-5-3-2-4-6-19-20(22(27)14-21(19)26)13-10-17(25)15-30-18-11-8-16(24)9-12-18/h2,4-5,7-13,17,19-22,25-27H,3,6,14-15H2,1H3/b4-2+,7-5+,13-10+/t17-,19-,20-,21+,22-/m1/s1. The second-order valence-electron chi connectivity index (χ2n) is 7.20. The lowest BCUT2D eigenvalue weighted by Crippen LogP contribution is -2.21. The summed E-state index contributed by atoms with van der Waals surface area (Å²) in [6.45, 7) is 0.0700. The summed E-state index contributed by atoms with van der Waals surface area (Å²) in [6.07, 6.45) is 9.54. The van der Waals surface area contributed by atoms with Gasteiger partial charge < -0.3 is 24.8 Å². The van der Waals surface area contributed by atoms with Crippen LogP contribution in [0, 0.1) is 11.8 Å². The van der Waals surface area contributed by atoms with Crippen LogP contribution in [-0.2, 0) is 9.53 Å². The van der Waals surface area contributed by atoms with Gasteiger partial charge in [-0.05, 0) is 43.0 Å². The number of ether oxygens (including phenoxy) is 2. The quantitative estimate of drug-likeness (QED) is 0.296. The lowest BCUT2D eigenvalue weighted by atomic mass is 9.89. The molecule has 0 bridgehead atoms. The fraction of sp³-hybridized carbons (Fsp3) is 0.435. The van der Waals surface area contributed by atoms with Crippen molar-refractivity contribution in [3.8, 4) is 5.75 Å². The van der Waals surface area contributed by atoms with E-state index in [1.807, 2.05) is 12.2 Å². The highest BCUT2D eigenvalue weighted by Crippen LogP contribution is 2.36. The molecule has 30 heavy (non-hydrogen) atoms. The maximum Gasteiger partial charge on any atom is 0.330 e. The Morgan fingerprint density at radius 2 is 1.93 bits per heavy atom. The third-order valence-corrected chi connectivity index (χ3v) is 5.26. The van der Waals surface area contributed by atoms with Gasteiger partial charge >= 0.3 is 5.97 Å². The van der Waals surface area contributed by atoms with Gasteiger partial charge in [-0.3, -0.25) is 0 Å². The first-order valence-corrected chi connectivity index (χ1v) is 10.3. The predicted octanol–water partition coefficient (Wildman–Crippen LogP) is 3.06. The highest BCUT2D eigenvalue weighted by molar-refractivity contribution is 6.30. The van der Waals surface area contributed by atoms with Gasteiger partial charge in [-0.2, -0.15) is 0 Å². The van der Waals surface area contributed by atoms with Crippen LogP contribution in [0.25, 0.3) is 0 Å². The molecule has 2 rings (SSSR count). The third kappa shape index (κ3) is 7.95. The number of carbonyl (C=O) groups excluding carboxylic acids is 1. The van der Waals surface area contributed by atoms with E-state index in [0.29, 0.717) is 30.0 Å². The zero-order chi connectivity index (χ0) is 21.9. The minimum atomic E-state index is -0.842. The van der Waals surface area contributed by atoms with Crippen molar-refractivity contribution in [1.29, 1.82) is 0 Å². The minimum Gasteiger partial charge on any atom is -0.491 e. The maximum absolute atomic E-state index is 11.0. The number of hydrogen-bond acceptors (Lipinski definition) is 6. The molecular formula is C23H29ClO6. The fourth-order valence-electron chi connectivity index (χ4n) is 3.39. The molecule has 7 heteroatoms. The first kappa shape index (κ1) is 24.2. The molecule has 0 amide bonds. The Morgan fingerprint density at radius 3 is 2.63 bits per heavy atom. The van der Waals surface area contributed by atoms with Crippen molar-refractivity contribution in [3.63, 3.8) is 0 Å². The summed E-state index contributed by atoms with van der Waals surface area (Å²) >= 11 is 5.83. The van der Waals surface area contributed by atoms with Crippen molar-refractivity contribution in [1.82, 2.24) is 0 Å². The van der Waals surface area contributed by atoms with Crippen LogP contribution in [-0.4, -0.2) is 53.3 Å². The summed E-state index contributed by atoms with van der Waals surface area (Å²) in [6, 6.07) is 6.86. The Bertz CT molecular complexity index is 743. The molecule has 164 valence electrons. The Kier molecular flexibility index (Phi) is 10.1. The lowest BCUT2D eigenvalue weighted by molar-refractivity contribution is -0.134. The summed E-state index contributed by atoms with van der Waals surface area (Å²) in [4.78, 5) is 11.0. The summed E-state index contributed by atoms with van der Waals surface area (Å²) in [5.74, 6) is -0.212. The van der Waals surface area contributed by atoms with Crippen LogP contribution in [0.4, 0.5) is 0 Å². The number of benzene rings is 1. The molecular weight excluding hydrogens is 408 g/mol. The van der Waals surface area contributed by atoms with Crippen molar-refractivity contribution in [2.24, 2.45) is 11.8 Å². The van der Waals surface area contributed by atoms with Gasteiger partial charge in [-0.1, -0.05) is 42.0 Å². The zero-order valence-corrected chi connectivity index (χ0v) is 17.7. The van der Waals surface area contributed by atoms with E-state index in [1.165, 1.54) is 13.2 Å². The predicted molar refractivity (Wildman–Crippen MR) is 115 cm³/mol. The minimum absolute atomic E-state index is 0.0700. The van der Waals surface area contributed by atoms with Crippen LogP contribution in [0.1, 0.15) is 19.3 Å². The molecule has 5 atom stereocenters. The maximum atomic E-state index is 11.0. The second-order valence-corrected chi connectivity index (χ2v) is 7.63. The molecule has 0 spiro atoms. The molecule has 3 N–H and O–H groups in total. The van der Waals surface area contributed by atoms with Crippen LogP contribution in [0.2, 0.25) is 5.02 Å². The van der Waals surface area contributed by atoms with E-state index in [9.17, 15) is 20.1 Å². The summed E-state index contributed by atoms with van der Waals surface area (Å²) in [7, 11) is 1.32. The van der Waals surface area contributed by atoms with E-state index in [0.717, 1.165) is 0 Å². The smallest absolute Gasteiger partial charge is 0.330 e. The number of aliphatic hydroxyl groups is 3. The van der Waals surface area contributed by atoms with Gasteiger partial charge in [0, 0.05) is 23.4 Å². The SMILES string of the molecule is COC(=O)/C=C/C/C=C/C[C@@H]1[C@@H](/C=C/[C@@H](O)COc2ccc(Cl)cc2)[C@H](O)C[C@@H]1O. The number of aliphatic hydroxyl groups excluding tert-OH is 3. The second kappa shape index (κ2) is 12.5. The molecule has 6 nitrogen and oxygen atoms in total. The van der Waals surface area contributed by atoms with Crippen molar-refractivity contribution < 1.29 is 29.6 Å². The Labute approximate surface area is 182 Å². The van der Waals surface area contributed by atoms with Gasteiger partial charge in [0.25, 0.3) is 0 Å². The van der Waals surface area contributed by atoms with Crippen LogP contribution in [0.3, 0.4) is 0 Å². The van der Waals surface area contributed by atoms with E-state index in [-0.39, 0.29) is 18.4 Å². The number of allylic oxidation sites excluding steroid dienone is 3. The van der Waals surface area contributed by atoms with E-state index in [2.05, 4.69) is 4.74 Å². The molecule has 0 unspecified atom stereocenters. The summed E-state index contributed by atoms with van der Waals surface area (Å²) in [5.41, 5.74) is 0. The summed E-state index contributed by atoms with van der Waals surface area (Å²) < 4.78 is 10.0. The molecule has 1 aliphatic rings. The number of carbonyl (C=O) groups is 1. The number of methoxy groups -OCH3 is 1. The molecule has 1 aromatic carbocycles. The number of rotatable bonds is 10. The highest BCUT2D eigenvalue weighted by Gasteiger charge is 2.39. The van der Waals surface area contributed by atoms with Crippen LogP contribution >= 0.6 is 11.6 Å². The van der Waals surface area contributed by atoms with Gasteiger partial charge in [0.2, 0.25) is 0 Å². The van der Waals surface area contributed by atoms with E-state index < -0.39 is 24.3 Å². The van der Waals surface area contributed by atoms with Crippen molar-refractivity contribution >= 4 is 17.6 Å². The molecule has 0 aromatic heterocycles. The van der Waals surface area contributed by atoms with Crippen molar-refractivity contribution in [2.75, 3.05) is 13.7 Å². The largest absolute Gasteiger partial charge is 0.491 e. The van der Waals surface area contributed by atoms with Gasteiger partial charge in [-0.25, -0.2) is 4.79 Å². The third-order valence-electron chi connectivity index (χ3n) is 5.01. The van der Waals surface area contributed by atoms with Crippen LogP contribution < -0.4 is 4.74 Å². The van der Waals surface area contributed by atoms with Gasteiger partial charge in [0.15, 0.2) is 0 Å². The number of halogens is 1. The van der Waals surface area contributed by atoms with Crippen molar-refractivity contribution in [2.45, 2.75) is 37.6 Å². The van der Waals surface area contributed by atoms with Gasteiger partial charge in [0.05, 0.1) is 19.3 Å². The van der Waals surface area contributed by atoms with E-state index in [1.54, 1.807) is 42.5 Å². The average molecular weight is 437 g/mol.